The van der Waals surface area contributed by atoms with E-state index >= 15 is 0 Å². The van der Waals surface area contributed by atoms with Gasteiger partial charge >= 0.3 is 0 Å². The molecule has 0 aliphatic carbocycles. The van der Waals surface area contributed by atoms with E-state index in [1.807, 2.05) is 37.3 Å². The van der Waals surface area contributed by atoms with Crippen LogP contribution in [-0.2, 0) is 0 Å². The van der Waals surface area contributed by atoms with Gasteiger partial charge in [0.15, 0.2) is 5.96 Å². The van der Waals surface area contributed by atoms with Gasteiger partial charge in [-0.25, -0.2) is 0 Å². The number of rotatable bonds is 7. The van der Waals surface area contributed by atoms with Gasteiger partial charge < -0.3 is 20.8 Å². The normalized spacial score (nSPS) is 22.8. The minimum absolute atomic E-state index is 0.0187. The molecular formula is C17H27N3O2S. The minimum atomic E-state index is -0.678. The highest BCUT2D eigenvalue weighted by Gasteiger charge is 2.31. The van der Waals surface area contributed by atoms with E-state index in [1.165, 1.54) is 0 Å². The largest absolute Gasteiger partial charge is 0.396 e. The number of thioether (sulfide) groups is 1. The van der Waals surface area contributed by atoms with E-state index in [4.69, 9.17) is 0 Å². The van der Waals surface area contributed by atoms with Crippen molar-refractivity contribution in [3.05, 3.63) is 35.9 Å². The first-order valence-electron chi connectivity index (χ1n) is 8.15. The molecule has 0 radical (unpaired) electrons. The first kappa shape index (κ1) is 18.1. The molecule has 5 nitrogen and oxygen atoms in total. The lowest BCUT2D eigenvalue weighted by atomic mass is 10.0. The summed E-state index contributed by atoms with van der Waals surface area (Å²) in [6.45, 7) is 3.85. The van der Waals surface area contributed by atoms with Crippen molar-refractivity contribution in [3.63, 3.8) is 0 Å². The zero-order chi connectivity index (χ0) is 16.5. The van der Waals surface area contributed by atoms with Crippen LogP contribution in [0.5, 0.6) is 0 Å². The third kappa shape index (κ3) is 5.71. The van der Waals surface area contributed by atoms with Crippen molar-refractivity contribution >= 4 is 17.7 Å². The molecule has 1 fully saturated rings. The predicted molar refractivity (Wildman–Crippen MR) is 97.1 cm³/mol. The van der Waals surface area contributed by atoms with Crippen LogP contribution in [0, 0.1) is 0 Å². The Labute approximate surface area is 142 Å². The molecule has 1 heterocycles. The number of hydrogen-bond acceptors (Lipinski definition) is 4. The van der Waals surface area contributed by atoms with Crippen LogP contribution in [-0.4, -0.2) is 59.5 Å². The van der Waals surface area contributed by atoms with Gasteiger partial charge in [-0.15, -0.1) is 0 Å². The highest BCUT2D eigenvalue weighted by atomic mass is 32.2. The summed E-state index contributed by atoms with van der Waals surface area (Å²) in [5.41, 5.74) is 0.423. The van der Waals surface area contributed by atoms with Crippen molar-refractivity contribution in [2.45, 2.75) is 24.9 Å². The zero-order valence-corrected chi connectivity index (χ0v) is 14.5. The van der Waals surface area contributed by atoms with E-state index in [-0.39, 0.29) is 12.5 Å². The lowest BCUT2D eigenvalue weighted by Gasteiger charge is -2.21. The second-order valence-electron chi connectivity index (χ2n) is 5.89. The summed E-state index contributed by atoms with van der Waals surface area (Å²) in [4.78, 5) is 4.52. The van der Waals surface area contributed by atoms with Gasteiger partial charge in [-0.3, -0.25) is 4.99 Å². The minimum Gasteiger partial charge on any atom is -0.396 e. The second-order valence-corrected chi connectivity index (χ2v) is 7.00. The molecule has 23 heavy (non-hydrogen) atoms. The highest BCUT2D eigenvalue weighted by Crippen LogP contribution is 2.27. The van der Waals surface area contributed by atoms with Crippen LogP contribution < -0.4 is 10.6 Å². The van der Waals surface area contributed by atoms with Crippen molar-refractivity contribution in [1.29, 1.82) is 0 Å². The van der Waals surface area contributed by atoms with Gasteiger partial charge in [0.1, 0.15) is 0 Å². The van der Waals surface area contributed by atoms with Crippen molar-refractivity contribution in [2.24, 2.45) is 4.99 Å². The molecule has 0 bridgehead atoms. The molecular weight excluding hydrogens is 310 g/mol. The number of guanidine groups is 1. The summed E-state index contributed by atoms with van der Waals surface area (Å²) < 4.78 is 0. The second kappa shape index (κ2) is 9.15. The summed E-state index contributed by atoms with van der Waals surface area (Å²) in [7, 11) is 0. The molecule has 0 saturated carbocycles. The summed E-state index contributed by atoms with van der Waals surface area (Å²) in [6, 6.07) is 9.96. The average Bonchev–Trinajstić information content (AvgIpc) is 3.01. The summed E-state index contributed by atoms with van der Waals surface area (Å²) >= 11 is 1.77. The third-order valence-corrected chi connectivity index (χ3v) is 5.20. The Morgan fingerprint density at radius 2 is 2.13 bits per heavy atom. The predicted octanol–water partition coefficient (Wildman–Crippen LogP) is 1.19. The Balaban J connectivity index is 1.92. The maximum atomic E-state index is 10.4. The van der Waals surface area contributed by atoms with Crippen LogP contribution in [0.1, 0.15) is 24.8 Å². The summed E-state index contributed by atoms with van der Waals surface area (Å²) in [5.74, 6) is 2.45. The van der Waals surface area contributed by atoms with Gasteiger partial charge in [-0.2, -0.15) is 11.8 Å². The molecule has 1 aliphatic rings. The Bertz CT molecular complexity index is 490. The Morgan fingerprint density at radius 1 is 1.35 bits per heavy atom. The lowest BCUT2D eigenvalue weighted by molar-refractivity contribution is 0.0778. The van der Waals surface area contributed by atoms with Crippen LogP contribution in [0.2, 0.25) is 0 Å². The van der Waals surface area contributed by atoms with Crippen molar-refractivity contribution < 1.29 is 10.2 Å². The Morgan fingerprint density at radius 3 is 2.74 bits per heavy atom. The molecule has 1 aromatic rings. The topological polar surface area (TPSA) is 76.9 Å². The number of nitrogens with zero attached hydrogens (tertiary/aromatic N) is 1. The fraction of sp³-hybridized carbons (Fsp3) is 0.588. The van der Waals surface area contributed by atoms with Gasteiger partial charge in [0, 0.05) is 24.8 Å². The molecule has 6 heteroatoms. The van der Waals surface area contributed by atoms with Gasteiger partial charge in [-0.1, -0.05) is 30.3 Å². The fourth-order valence-electron chi connectivity index (χ4n) is 2.52. The smallest absolute Gasteiger partial charge is 0.191 e. The summed E-state index contributed by atoms with van der Waals surface area (Å²) in [5, 5.41) is 26.5. The zero-order valence-electron chi connectivity index (χ0n) is 13.7. The molecule has 2 unspecified atom stereocenters. The number of benzene rings is 1. The number of aliphatic imine (C=N–C) groups is 1. The van der Waals surface area contributed by atoms with Crippen LogP contribution in [0.4, 0.5) is 0 Å². The number of aliphatic hydroxyl groups excluding tert-OH is 1. The van der Waals surface area contributed by atoms with E-state index in [1.54, 1.807) is 11.8 Å². The SMILES string of the molecule is CCNC(=NCC1(O)CCSC1)NCC(CO)c1ccccc1. The van der Waals surface area contributed by atoms with Crippen LogP contribution in [0.15, 0.2) is 35.3 Å². The number of aliphatic hydroxyl groups is 2. The van der Waals surface area contributed by atoms with Crippen LogP contribution >= 0.6 is 11.8 Å². The number of hydrogen-bond donors (Lipinski definition) is 4. The maximum Gasteiger partial charge on any atom is 0.191 e. The molecule has 128 valence electrons. The molecule has 1 aromatic carbocycles. The molecule has 4 N–H and O–H groups in total. The van der Waals surface area contributed by atoms with E-state index < -0.39 is 5.60 Å². The van der Waals surface area contributed by atoms with Crippen molar-refractivity contribution in [1.82, 2.24) is 10.6 Å². The quantitative estimate of drug-likeness (QED) is 0.444. The lowest BCUT2D eigenvalue weighted by Crippen LogP contribution is -2.42. The maximum absolute atomic E-state index is 10.4. The van der Waals surface area contributed by atoms with E-state index in [0.717, 1.165) is 30.0 Å². The van der Waals surface area contributed by atoms with Crippen LogP contribution in [0.3, 0.4) is 0 Å². The van der Waals surface area contributed by atoms with Gasteiger partial charge in [0.25, 0.3) is 0 Å². The van der Waals surface area contributed by atoms with E-state index in [2.05, 4.69) is 15.6 Å². The fourth-order valence-corrected chi connectivity index (χ4v) is 3.81. The van der Waals surface area contributed by atoms with Crippen molar-refractivity contribution in [3.8, 4) is 0 Å². The van der Waals surface area contributed by atoms with Gasteiger partial charge in [0.05, 0.1) is 18.8 Å². The summed E-state index contributed by atoms with van der Waals surface area (Å²) in [6.07, 6.45) is 0.795. The molecule has 0 aromatic heterocycles. The van der Waals surface area contributed by atoms with Crippen molar-refractivity contribution in [2.75, 3.05) is 37.7 Å². The average molecular weight is 337 g/mol. The third-order valence-electron chi connectivity index (χ3n) is 3.97. The Hall–Kier alpha value is -1.24. The monoisotopic (exact) mass is 337 g/mol. The molecule has 1 saturated heterocycles. The standard InChI is InChI=1S/C17H27N3O2S/c1-2-18-16(20-12-17(22)8-9-23-13-17)19-10-15(11-21)14-6-4-3-5-7-14/h3-7,15,21-22H,2,8-13H2,1H3,(H2,18,19,20). The highest BCUT2D eigenvalue weighted by molar-refractivity contribution is 7.99. The molecule has 2 atom stereocenters. The first-order valence-corrected chi connectivity index (χ1v) is 9.30. The molecule has 0 spiro atoms. The van der Waals surface area contributed by atoms with E-state index in [0.29, 0.717) is 19.0 Å². The molecule has 2 rings (SSSR count). The molecule has 1 aliphatic heterocycles. The first-order chi connectivity index (χ1) is 11.2. The molecule has 0 amide bonds. The Kier molecular flexibility index (Phi) is 7.20. The number of nitrogens with one attached hydrogen (secondary N) is 2. The van der Waals surface area contributed by atoms with Gasteiger partial charge in [-0.05, 0) is 24.7 Å². The van der Waals surface area contributed by atoms with E-state index in [9.17, 15) is 10.2 Å². The van der Waals surface area contributed by atoms with Crippen LogP contribution in [0.25, 0.3) is 0 Å². The van der Waals surface area contributed by atoms with Gasteiger partial charge in [0.2, 0.25) is 0 Å².